The smallest absolute Gasteiger partial charge is 0.244 e. The number of hydrogen-bond donors (Lipinski definition) is 1. The van der Waals surface area contributed by atoms with Gasteiger partial charge in [-0.15, -0.1) is 0 Å². The second kappa shape index (κ2) is 11.7. The van der Waals surface area contributed by atoms with E-state index < -0.39 is 28.5 Å². The van der Waals surface area contributed by atoms with Gasteiger partial charge >= 0.3 is 0 Å². The SMILES string of the molecule is CCC(C(=O)NC(C)C)N(Cc1ccc(Cl)cc1)C(=O)CN(c1cccc(C)c1C)S(C)(=O)=O. The standard InChI is InChI=1S/C25H34ClN3O4S/c1-7-22(25(31)27-17(2)3)28(15-20-11-13-21(26)14-12-20)24(30)16-29(34(6,32)33)23-10-8-9-18(4)19(23)5/h8-14,17,22H,7,15-16H2,1-6H3,(H,27,31). The maximum absolute atomic E-state index is 13.6. The number of rotatable bonds is 10. The molecule has 1 atom stereocenters. The quantitative estimate of drug-likeness (QED) is 0.525. The summed E-state index contributed by atoms with van der Waals surface area (Å²) in [5.41, 5.74) is 2.92. The van der Waals surface area contributed by atoms with Crippen LogP contribution in [0.2, 0.25) is 5.02 Å². The number of amides is 2. The number of anilines is 1. The molecule has 34 heavy (non-hydrogen) atoms. The van der Waals surface area contributed by atoms with Crippen LogP contribution in [0.5, 0.6) is 0 Å². The summed E-state index contributed by atoms with van der Waals surface area (Å²) in [6.07, 6.45) is 1.45. The number of benzene rings is 2. The number of sulfonamides is 1. The zero-order chi connectivity index (χ0) is 25.6. The highest BCUT2D eigenvalue weighted by atomic mass is 35.5. The van der Waals surface area contributed by atoms with Crippen LogP contribution >= 0.6 is 11.6 Å². The lowest BCUT2D eigenvalue weighted by atomic mass is 10.1. The zero-order valence-electron chi connectivity index (χ0n) is 20.6. The van der Waals surface area contributed by atoms with Gasteiger partial charge in [-0.2, -0.15) is 0 Å². The van der Waals surface area contributed by atoms with Crippen molar-refractivity contribution in [2.75, 3.05) is 17.1 Å². The summed E-state index contributed by atoms with van der Waals surface area (Å²) in [5.74, 6) is -0.746. The van der Waals surface area contributed by atoms with Crippen LogP contribution in [0.15, 0.2) is 42.5 Å². The monoisotopic (exact) mass is 507 g/mol. The molecular weight excluding hydrogens is 474 g/mol. The topological polar surface area (TPSA) is 86.8 Å². The molecular formula is C25H34ClN3O4S. The molecule has 0 aliphatic rings. The van der Waals surface area contributed by atoms with E-state index in [9.17, 15) is 18.0 Å². The van der Waals surface area contributed by atoms with E-state index in [0.717, 1.165) is 27.3 Å². The fraction of sp³-hybridized carbons (Fsp3) is 0.440. The van der Waals surface area contributed by atoms with Gasteiger partial charge in [-0.05, 0) is 69.0 Å². The van der Waals surface area contributed by atoms with Crippen molar-refractivity contribution in [1.29, 1.82) is 0 Å². The maximum Gasteiger partial charge on any atom is 0.244 e. The molecule has 0 spiro atoms. The summed E-state index contributed by atoms with van der Waals surface area (Å²) in [4.78, 5) is 28.1. The highest BCUT2D eigenvalue weighted by Gasteiger charge is 2.32. The molecule has 0 aromatic heterocycles. The molecule has 9 heteroatoms. The molecule has 0 fully saturated rings. The zero-order valence-corrected chi connectivity index (χ0v) is 22.2. The average molecular weight is 508 g/mol. The van der Waals surface area contributed by atoms with Gasteiger partial charge in [0, 0.05) is 17.6 Å². The number of aryl methyl sites for hydroxylation is 1. The second-order valence-corrected chi connectivity index (χ2v) is 11.1. The van der Waals surface area contributed by atoms with Gasteiger partial charge in [-0.1, -0.05) is 42.8 Å². The van der Waals surface area contributed by atoms with Crippen molar-refractivity contribution in [3.05, 3.63) is 64.2 Å². The molecule has 2 rings (SSSR count). The van der Waals surface area contributed by atoms with Crippen molar-refractivity contribution < 1.29 is 18.0 Å². The molecule has 2 amide bonds. The van der Waals surface area contributed by atoms with Crippen molar-refractivity contribution in [2.24, 2.45) is 0 Å². The molecule has 1 N–H and O–H groups in total. The summed E-state index contributed by atoms with van der Waals surface area (Å²) in [6, 6.07) is 11.5. The van der Waals surface area contributed by atoms with E-state index in [4.69, 9.17) is 11.6 Å². The van der Waals surface area contributed by atoms with E-state index in [1.165, 1.54) is 4.90 Å². The highest BCUT2D eigenvalue weighted by Crippen LogP contribution is 2.25. The van der Waals surface area contributed by atoms with Crippen LogP contribution < -0.4 is 9.62 Å². The van der Waals surface area contributed by atoms with Crippen molar-refractivity contribution in [3.8, 4) is 0 Å². The first kappa shape index (κ1) is 27.7. The van der Waals surface area contributed by atoms with Gasteiger partial charge in [0.05, 0.1) is 11.9 Å². The van der Waals surface area contributed by atoms with Crippen LogP contribution in [-0.2, 0) is 26.2 Å². The Balaban J connectivity index is 2.48. The Bertz CT molecular complexity index is 1120. The number of carbonyl (C=O) groups is 2. The van der Waals surface area contributed by atoms with Crippen LogP contribution in [0.1, 0.15) is 43.9 Å². The molecule has 1 unspecified atom stereocenters. The molecule has 0 aliphatic heterocycles. The molecule has 7 nitrogen and oxygen atoms in total. The van der Waals surface area contributed by atoms with Gasteiger partial charge in [0.1, 0.15) is 12.6 Å². The van der Waals surface area contributed by atoms with Crippen LogP contribution in [0, 0.1) is 13.8 Å². The molecule has 0 heterocycles. The Morgan fingerprint density at radius 2 is 1.68 bits per heavy atom. The lowest BCUT2D eigenvalue weighted by Crippen LogP contribution is -2.53. The summed E-state index contributed by atoms with van der Waals surface area (Å²) in [5, 5.41) is 3.43. The van der Waals surface area contributed by atoms with Crippen LogP contribution in [-0.4, -0.2) is 50.0 Å². The lowest BCUT2D eigenvalue weighted by Gasteiger charge is -2.33. The lowest BCUT2D eigenvalue weighted by molar-refractivity contribution is -0.140. The predicted molar refractivity (Wildman–Crippen MR) is 137 cm³/mol. The number of nitrogens with one attached hydrogen (secondary N) is 1. The molecule has 186 valence electrons. The van der Waals surface area contributed by atoms with Crippen molar-refractivity contribution in [3.63, 3.8) is 0 Å². The Hall–Kier alpha value is -2.58. The third-order valence-corrected chi connectivity index (χ3v) is 6.99. The molecule has 0 bridgehead atoms. The van der Waals surface area contributed by atoms with Gasteiger partial charge < -0.3 is 10.2 Å². The molecule has 0 saturated heterocycles. The van der Waals surface area contributed by atoms with E-state index in [1.54, 1.807) is 36.4 Å². The van der Waals surface area contributed by atoms with Crippen LogP contribution in [0.3, 0.4) is 0 Å². The summed E-state index contributed by atoms with van der Waals surface area (Å²) in [7, 11) is -3.77. The average Bonchev–Trinajstić information content (AvgIpc) is 2.74. The summed E-state index contributed by atoms with van der Waals surface area (Å²) < 4.78 is 26.6. The van der Waals surface area contributed by atoms with Crippen LogP contribution in [0.25, 0.3) is 0 Å². The fourth-order valence-corrected chi connectivity index (χ4v) is 4.71. The third-order valence-electron chi connectivity index (χ3n) is 5.61. The van der Waals surface area contributed by atoms with E-state index in [0.29, 0.717) is 17.1 Å². The normalized spacial score (nSPS) is 12.4. The van der Waals surface area contributed by atoms with Crippen LogP contribution in [0.4, 0.5) is 5.69 Å². The number of halogens is 1. The first-order chi connectivity index (χ1) is 15.8. The van der Waals surface area contributed by atoms with Gasteiger partial charge in [0.2, 0.25) is 21.8 Å². The molecule has 0 saturated carbocycles. The maximum atomic E-state index is 13.6. The Morgan fingerprint density at radius 1 is 1.06 bits per heavy atom. The number of hydrogen-bond acceptors (Lipinski definition) is 4. The minimum Gasteiger partial charge on any atom is -0.352 e. The summed E-state index contributed by atoms with van der Waals surface area (Å²) in [6.45, 7) is 8.96. The van der Waals surface area contributed by atoms with E-state index in [2.05, 4.69) is 5.32 Å². The summed E-state index contributed by atoms with van der Waals surface area (Å²) >= 11 is 6.00. The first-order valence-electron chi connectivity index (χ1n) is 11.2. The Labute approximate surface area is 208 Å². The van der Waals surface area contributed by atoms with Gasteiger partial charge in [-0.25, -0.2) is 8.42 Å². The third kappa shape index (κ3) is 7.21. The first-order valence-corrected chi connectivity index (χ1v) is 13.5. The number of carbonyl (C=O) groups excluding carboxylic acids is 2. The Morgan fingerprint density at radius 3 is 2.21 bits per heavy atom. The largest absolute Gasteiger partial charge is 0.352 e. The van der Waals surface area contributed by atoms with Gasteiger partial charge in [-0.3, -0.25) is 13.9 Å². The van der Waals surface area contributed by atoms with Gasteiger partial charge in [0.25, 0.3) is 0 Å². The van der Waals surface area contributed by atoms with E-state index in [-0.39, 0.29) is 18.5 Å². The van der Waals surface area contributed by atoms with E-state index in [1.807, 2.05) is 40.7 Å². The van der Waals surface area contributed by atoms with E-state index >= 15 is 0 Å². The minimum atomic E-state index is -3.77. The number of nitrogens with zero attached hydrogens (tertiary/aromatic N) is 2. The second-order valence-electron chi connectivity index (χ2n) is 8.72. The minimum absolute atomic E-state index is 0.100. The molecule has 2 aromatic rings. The molecule has 0 aliphatic carbocycles. The molecule has 2 aromatic carbocycles. The highest BCUT2D eigenvalue weighted by molar-refractivity contribution is 7.92. The Kier molecular flexibility index (Phi) is 9.53. The van der Waals surface area contributed by atoms with Crippen molar-refractivity contribution >= 4 is 39.1 Å². The van der Waals surface area contributed by atoms with Crippen molar-refractivity contribution in [2.45, 2.75) is 59.7 Å². The predicted octanol–water partition coefficient (Wildman–Crippen LogP) is 4.05. The van der Waals surface area contributed by atoms with Crippen molar-refractivity contribution in [1.82, 2.24) is 10.2 Å². The fourth-order valence-electron chi connectivity index (χ4n) is 3.69. The van der Waals surface area contributed by atoms with Gasteiger partial charge in [0.15, 0.2) is 0 Å². The molecule has 0 radical (unpaired) electrons.